The van der Waals surface area contributed by atoms with E-state index in [2.05, 4.69) is 17.1 Å². The number of carbonyl (C=O) groups excluding carboxylic acids is 1. The van der Waals surface area contributed by atoms with Gasteiger partial charge in [-0.05, 0) is 75.0 Å². The molecule has 3 atom stereocenters. The van der Waals surface area contributed by atoms with Gasteiger partial charge in [0.15, 0.2) is 0 Å². The lowest BCUT2D eigenvalue weighted by molar-refractivity contribution is -0.151. The standard InChI is InChI=1S/C18H28N2O/c1-10-2-15-8-19-9-16(15)20(10)18(21)17-13-4-11-3-12(6-13)7-14(17)5-11/h10-17,19H,2-9H2,1H3. The van der Waals surface area contributed by atoms with Gasteiger partial charge in [-0.2, -0.15) is 0 Å². The van der Waals surface area contributed by atoms with E-state index in [0.717, 1.165) is 42.7 Å². The average molecular weight is 288 g/mol. The van der Waals surface area contributed by atoms with E-state index in [1.54, 1.807) is 0 Å². The predicted molar refractivity (Wildman–Crippen MR) is 81.6 cm³/mol. The molecule has 0 spiro atoms. The van der Waals surface area contributed by atoms with Gasteiger partial charge in [-0.1, -0.05) is 0 Å². The smallest absolute Gasteiger partial charge is 0.226 e. The molecule has 6 rings (SSSR count). The van der Waals surface area contributed by atoms with E-state index in [9.17, 15) is 4.79 Å². The van der Waals surface area contributed by atoms with E-state index in [-0.39, 0.29) is 0 Å². The molecule has 3 unspecified atom stereocenters. The number of hydrogen-bond acceptors (Lipinski definition) is 2. The zero-order valence-electron chi connectivity index (χ0n) is 13.1. The van der Waals surface area contributed by atoms with Gasteiger partial charge in [-0.25, -0.2) is 0 Å². The fourth-order valence-corrected chi connectivity index (χ4v) is 7.04. The molecule has 0 radical (unpaired) electrons. The zero-order chi connectivity index (χ0) is 14.1. The Bertz CT molecular complexity index is 434. The Morgan fingerprint density at radius 3 is 2.24 bits per heavy atom. The van der Waals surface area contributed by atoms with Gasteiger partial charge >= 0.3 is 0 Å². The van der Waals surface area contributed by atoms with Gasteiger partial charge in [0, 0.05) is 31.1 Å². The summed E-state index contributed by atoms with van der Waals surface area (Å²) in [5.74, 6) is 5.05. The SMILES string of the molecule is CC1CC2CNCC2N1C(=O)C1C2CC3CC(C2)CC1C3. The van der Waals surface area contributed by atoms with Gasteiger partial charge in [-0.3, -0.25) is 4.79 Å². The van der Waals surface area contributed by atoms with Crippen molar-refractivity contribution in [2.45, 2.75) is 57.5 Å². The molecule has 21 heavy (non-hydrogen) atoms. The van der Waals surface area contributed by atoms with Crippen LogP contribution in [0.5, 0.6) is 0 Å². The first-order valence-electron chi connectivity index (χ1n) is 9.23. The lowest BCUT2D eigenvalue weighted by Gasteiger charge is -2.54. The molecule has 4 saturated carbocycles. The van der Waals surface area contributed by atoms with Gasteiger partial charge in [0.1, 0.15) is 0 Å². The van der Waals surface area contributed by atoms with Crippen LogP contribution < -0.4 is 5.32 Å². The number of rotatable bonds is 1. The molecular weight excluding hydrogens is 260 g/mol. The first-order chi connectivity index (χ1) is 10.2. The van der Waals surface area contributed by atoms with Crippen LogP contribution >= 0.6 is 0 Å². The molecule has 3 nitrogen and oxygen atoms in total. The maximum Gasteiger partial charge on any atom is 0.226 e. The molecule has 0 aromatic carbocycles. The van der Waals surface area contributed by atoms with Crippen LogP contribution in [0, 0.1) is 35.5 Å². The fourth-order valence-electron chi connectivity index (χ4n) is 7.04. The van der Waals surface area contributed by atoms with Crippen LogP contribution in [0.3, 0.4) is 0 Å². The highest BCUT2D eigenvalue weighted by molar-refractivity contribution is 5.81. The summed E-state index contributed by atoms with van der Waals surface area (Å²) in [4.78, 5) is 15.7. The van der Waals surface area contributed by atoms with E-state index < -0.39 is 0 Å². The van der Waals surface area contributed by atoms with E-state index in [0.29, 0.717) is 23.9 Å². The first kappa shape index (κ1) is 12.9. The highest BCUT2D eigenvalue weighted by atomic mass is 16.2. The van der Waals surface area contributed by atoms with Crippen LogP contribution in [0.4, 0.5) is 0 Å². The van der Waals surface area contributed by atoms with Gasteiger partial charge in [-0.15, -0.1) is 0 Å². The normalized spacial score (nSPS) is 54.2. The molecule has 4 aliphatic carbocycles. The van der Waals surface area contributed by atoms with Crippen LogP contribution in [-0.4, -0.2) is 36.0 Å². The van der Waals surface area contributed by atoms with Gasteiger partial charge in [0.05, 0.1) is 0 Å². The highest BCUT2D eigenvalue weighted by Crippen LogP contribution is 2.57. The number of fused-ring (bicyclic) bond motifs is 1. The number of nitrogens with one attached hydrogen (secondary N) is 1. The highest BCUT2D eigenvalue weighted by Gasteiger charge is 2.54. The minimum atomic E-state index is 0.389. The van der Waals surface area contributed by atoms with Gasteiger partial charge < -0.3 is 10.2 Å². The molecular formula is C18H28N2O. The van der Waals surface area contributed by atoms with E-state index in [1.165, 1.54) is 38.5 Å². The van der Waals surface area contributed by atoms with Crippen molar-refractivity contribution in [1.82, 2.24) is 10.2 Å². The summed E-state index contributed by atoms with van der Waals surface area (Å²) >= 11 is 0. The average Bonchev–Trinajstić information content (AvgIpc) is 2.96. The molecule has 6 fully saturated rings. The Kier molecular flexibility index (Phi) is 2.75. The molecule has 3 heteroatoms. The lowest BCUT2D eigenvalue weighted by Crippen LogP contribution is -2.54. The largest absolute Gasteiger partial charge is 0.335 e. The molecule has 2 heterocycles. The molecule has 2 saturated heterocycles. The van der Waals surface area contributed by atoms with E-state index >= 15 is 0 Å². The second-order valence-corrected chi connectivity index (χ2v) is 8.77. The molecule has 4 bridgehead atoms. The van der Waals surface area contributed by atoms with Crippen LogP contribution in [0.2, 0.25) is 0 Å². The van der Waals surface area contributed by atoms with Gasteiger partial charge in [0.2, 0.25) is 5.91 Å². The minimum Gasteiger partial charge on any atom is -0.335 e. The molecule has 116 valence electrons. The van der Waals surface area contributed by atoms with Gasteiger partial charge in [0.25, 0.3) is 0 Å². The molecule has 0 aromatic rings. The van der Waals surface area contributed by atoms with E-state index in [1.807, 2.05) is 0 Å². The summed E-state index contributed by atoms with van der Waals surface area (Å²) < 4.78 is 0. The second-order valence-electron chi connectivity index (χ2n) is 8.77. The summed E-state index contributed by atoms with van der Waals surface area (Å²) in [7, 11) is 0. The van der Waals surface area contributed by atoms with Crippen molar-refractivity contribution in [1.29, 1.82) is 0 Å². The summed E-state index contributed by atoms with van der Waals surface area (Å²) in [5.41, 5.74) is 0. The number of hydrogen-bond donors (Lipinski definition) is 1. The predicted octanol–water partition coefficient (Wildman–Crippen LogP) is 2.27. The fraction of sp³-hybridized carbons (Fsp3) is 0.944. The summed E-state index contributed by atoms with van der Waals surface area (Å²) in [5, 5.41) is 3.50. The molecule has 2 aliphatic heterocycles. The van der Waals surface area contributed by atoms with Crippen molar-refractivity contribution in [3.8, 4) is 0 Å². The number of nitrogens with zero attached hydrogens (tertiary/aromatic N) is 1. The molecule has 6 aliphatic rings. The van der Waals surface area contributed by atoms with Crippen molar-refractivity contribution in [3.05, 3.63) is 0 Å². The van der Waals surface area contributed by atoms with Crippen LogP contribution in [0.1, 0.15) is 45.4 Å². The summed E-state index contributed by atoms with van der Waals surface area (Å²) in [6.07, 6.45) is 8.13. The van der Waals surface area contributed by atoms with Crippen molar-refractivity contribution in [2.75, 3.05) is 13.1 Å². The van der Waals surface area contributed by atoms with Crippen LogP contribution in [0.15, 0.2) is 0 Å². The Balaban J connectivity index is 1.41. The molecule has 1 amide bonds. The van der Waals surface area contributed by atoms with Crippen molar-refractivity contribution in [3.63, 3.8) is 0 Å². The Morgan fingerprint density at radius 2 is 1.57 bits per heavy atom. The first-order valence-corrected chi connectivity index (χ1v) is 9.23. The number of carbonyl (C=O) groups is 1. The third-order valence-electron chi connectivity index (χ3n) is 7.55. The second kappa shape index (κ2) is 4.47. The molecule has 1 N–H and O–H groups in total. The Morgan fingerprint density at radius 1 is 0.905 bits per heavy atom. The Hall–Kier alpha value is -0.570. The lowest BCUT2D eigenvalue weighted by atomic mass is 9.51. The number of amides is 1. The zero-order valence-corrected chi connectivity index (χ0v) is 13.1. The quantitative estimate of drug-likeness (QED) is 0.803. The van der Waals surface area contributed by atoms with Crippen molar-refractivity contribution in [2.24, 2.45) is 35.5 Å². The maximum atomic E-state index is 13.4. The van der Waals surface area contributed by atoms with Crippen molar-refractivity contribution < 1.29 is 4.79 Å². The maximum absolute atomic E-state index is 13.4. The minimum absolute atomic E-state index is 0.389. The van der Waals surface area contributed by atoms with Crippen molar-refractivity contribution >= 4 is 5.91 Å². The van der Waals surface area contributed by atoms with Crippen LogP contribution in [-0.2, 0) is 4.79 Å². The monoisotopic (exact) mass is 288 g/mol. The summed E-state index contributed by atoms with van der Waals surface area (Å²) in [6.45, 7) is 4.45. The third-order valence-corrected chi connectivity index (χ3v) is 7.55. The third kappa shape index (κ3) is 1.79. The summed E-state index contributed by atoms with van der Waals surface area (Å²) in [6, 6.07) is 0.983. The molecule has 0 aromatic heterocycles. The topological polar surface area (TPSA) is 32.3 Å². The van der Waals surface area contributed by atoms with E-state index in [4.69, 9.17) is 0 Å². The Labute approximate surface area is 127 Å². The number of likely N-dealkylation sites (tertiary alicyclic amines) is 1. The van der Waals surface area contributed by atoms with Crippen LogP contribution in [0.25, 0.3) is 0 Å².